The molecule has 0 fully saturated rings. The zero-order valence-corrected chi connectivity index (χ0v) is 27.4. The fourth-order valence-corrected chi connectivity index (χ4v) is 8.05. The van der Waals surface area contributed by atoms with Crippen molar-refractivity contribution in [1.29, 1.82) is 0 Å². The molecule has 13 heteroatoms. The molecular weight excluding hydrogens is 626 g/mol. The van der Waals surface area contributed by atoms with Crippen molar-refractivity contribution < 1.29 is 31.5 Å². The maximum atomic E-state index is 14.1. The van der Waals surface area contributed by atoms with Crippen LogP contribution in [0.1, 0.15) is 55.8 Å². The van der Waals surface area contributed by atoms with Gasteiger partial charge in [-0.1, -0.05) is 42.8 Å². The molecule has 0 aliphatic rings. The van der Waals surface area contributed by atoms with Gasteiger partial charge in [-0.15, -0.1) is 0 Å². The third kappa shape index (κ3) is 9.34. The number of nitrogens with zero attached hydrogens (tertiary/aromatic N) is 2. The molecule has 2 N–H and O–H groups in total. The molecule has 0 saturated heterocycles. The second-order valence-corrected chi connectivity index (χ2v) is 15.0. The molecule has 0 radical (unpaired) electrons. The number of rotatable bonds is 16. The molecule has 0 bridgehead atoms. The van der Waals surface area contributed by atoms with Gasteiger partial charge in [-0.2, -0.15) is 4.31 Å². The minimum absolute atomic E-state index is 0.0134. The fourth-order valence-electron chi connectivity index (χ4n) is 4.81. The Balaban J connectivity index is 1.82. The summed E-state index contributed by atoms with van der Waals surface area (Å²) in [5.41, 5.74) is 4.20. The topological polar surface area (TPSA) is 151 Å². The van der Waals surface area contributed by atoms with Crippen LogP contribution in [-0.2, 0) is 35.9 Å². The molecule has 3 rings (SSSR count). The molecule has 0 aliphatic carbocycles. The van der Waals surface area contributed by atoms with Crippen molar-refractivity contribution in [1.82, 2.24) is 14.6 Å². The largest absolute Gasteiger partial charge is 0.481 e. The molecule has 1 aromatic heterocycles. The summed E-state index contributed by atoms with van der Waals surface area (Å²) in [4.78, 5) is 27.5. The predicted molar refractivity (Wildman–Crippen MR) is 171 cm³/mol. The first-order chi connectivity index (χ1) is 20.8. The lowest BCUT2D eigenvalue weighted by Crippen LogP contribution is -2.36. The van der Waals surface area contributed by atoms with E-state index in [1.54, 1.807) is 32.2 Å². The lowest BCUT2D eigenvalue weighted by molar-refractivity contribution is -0.136. The molecule has 0 aliphatic heterocycles. The number of hydrogen-bond donors (Lipinski definition) is 2. The normalized spacial score (nSPS) is 12.7. The first-order valence-corrected chi connectivity index (χ1v) is 17.9. The Morgan fingerprint density at radius 1 is 1.05 bits per heavy atom. The van der Waals surface area contributed by atoms with Crippen molar-refractivity contribution in [3.05, 3.63) is 82.6 Å². The van der Waals surface area contributed by atoms with E-state index in [2.05, 4.69) is 10.3 Å². The summed E-state index contributed by atoms with van der Waals surface area (Å²) in [6.07, 6.45) is 3.95. The zero-order valence-electron chi connectivity index (χ0n) is 25.0. The van der Waals surface area contributed by atoms with Gasteiger partial charge in [-0.3, -0.25) is 14.6 Å². The molecule has 44 heavy (non-hydrogen) atoms. The number of pyridine rings is 1. The number of aromatic nitrogens is 1. The van der Waals surface area contributed by atoms with Crippen LogP contribution < -0.4 is 5.32 Å². The van der Waals surface area contributed by atoms with Gasteiger partial charge in [0, 0.05) is 43.0 Å². The molecule has 0 unspecified atom stereocenters. The number of carboxylic acid groups (broad SMARTS) is 1. The summed E-state index contributed by atoms with van der Waals surface area (Å²) in [6.45, 7) is 5.34. The molecule has 1 heterocycles. The lowest BCUT2D eigenvalue weighted by Gasteiger charge is -2.30. The van der Waals surface area contributed by atoms with Gasteiger partial charge in [0.1, 0.15) is 0 Å². The van der Waals surface area contributed by atoms with Crippen LogP contribution in [0.4, 0.5) is 0 Å². The maximum absolute atomic E-state index is 14.1. The maximum Gasteiger partial charge on any atom is 0.304 e. The van der Waals surface area contributed by atoms with Crippen LogP contribution in [0.5, 0.6) is 0 Å². The van der Waals surface area contributed by atoms with Crippen LogP contribution in [0.15, 0.2) is 65.8 Å². The van der Waals surface area contributed by atoms with E-state index in [1.807, 2.05) is 43.5 Å². The Bertz CT molecular complexity index is 1700. The van der Waals surface area contributed by atoms with Gasteiger partial charge in [0.2, 0.25) is 15.9 Å². The van der Waals surface area contributed by atoms with E-state index in [-0.39, 0.29) is 36.6 Å². The number of sulfonamides is 1. The molecular formula is C31H38ClN3O7S2. The smallest absolute Gasteiger partial charge is 0.304 e. The van der Waals surface area contributed by atoms with Crippen molar-refractivity contribution in [2.75, 3.05) is 24.6 Å². The monoisotopic (exact) mass is 663 g/mol. The van der Waals surface area contributed by atoms with Crippen LogP contribution in [0, 0.1) is 6.92 Å². The van der Waals surface area contributed by atoms with E-state index in [4.69, 9.17) is 16.7 Å². The number of amides is 1. The third-order valence-corrected chi connectivity index (χ3v) is 11.5. The third-order valence-electron chi connectivity index (χ3n) is 7.35. The lowest BCUT2D eigenvalue weighted by atomic mass is 9.97. The SMILES string of the molecule is CCc1cnccc1-c1cccc([C@H](C)N(CCCC(=O)NCCS(=O)(=O)CCC(=O)O)S(=O)(=O)c2cccc(Cl)c2C)c1. The highest BCUT2D eigenvalue weighted by Crippen LogP contribution is 2.33. The Kier molecular flexibility index (Phi) is 12.5. The van der Waals surface area contributed by atoms with E-state index in [0.717, 1.165) is 28.7 Å². The van der Waals surface area contributed by atoms with Crippen LogP contribution in [0.3, 0.4) is 0 Å². The average Bonchev–Trinajstić information content (AvgIpc) is 2.99. The number of nitrogens with one attached hydrogen (secondary N) is 1. The van der Waals surface area contributed by atoms with E-state index < -0.39 is 50.0 Å². The van der Waals surface area contributed by atoms with Crippen LogP contribution in [0.25, 0.3) is 11.1 Å². The van der Waals surface area contributed by atoms with Crippen LogP contribution in [-0.4, -0.2) is 67.7 Å². The van der Waals surface area contributed by atoms with Gasteiger partial charge in [0.25, 0.3) is 0 Å². The Labute approximate surface area is 264 Å². The summed E-state index contributed by atoms with van der Waals surface area (Å²) in [5, 5.41) is 11.6. The quantitative estimate of drug-likeness (QED) is 0.222. The fraction of sp³-hybridized carbons (Fsp3) is 0.387. The minimum Gasteiger partial charge on any atom is -0.481 e. The van der Waals surface area contributed by atoms with Crippen LogP contribution >= 0.6 is 11.6 Å². The number of halogens is 1. The van der Waals surface area contributed by atoms with E-state index >= 15 is 0 Å². The highest BCUT2D eigenvalue weighted by atomic mass is 35.5. The van der Waals surface area contributed by atoms with E-state index in [0.29, 0.717) is 10.6 Å². The number of carbonyl (C=O) groups excluding carboxylic acids is 1. The number of benzene rings is 2. The number of aliphatic carboxylic acids is 1. The van der Waals surface area contributed by atoms with Gasteiger partial charge in [-0.25, -0.2) is 16.8 Å². The van der Waals surface area contributed by atoms with Crippen molar-refractivity contribution in [2.24, 2.45) is 0 Å². The Morgan fingerprint density at radius 3 is 2.48 bits per heavy atom. The summed E-state index contributed by atoms with van der Waals surface area (Å²) < 4.78 is 53.5. The first kappa shape index (κ1) is 35.2. The standard InChI is InChI=1S/C31H38ClN3O7S2/c1-4-24-21-33-15-13-27(24)26-9-5-8-25(20-26)23(3)35(44(41,42)29-11-6-10-28(32)22(29)2)17-7-12-30(36)34-16-19-43(39,40)18-14-31(37)38/h5-6,8-11,13,15,20-21,23H,4,7,12,14,16-19H2,1-3H3,(H,34,36)(H,37,38)/t23-/m0/s1. The summed E-state index contributed by atoms with van der Waals surface area (Å²) in [6, 6.07) is 13.7. The molecule has 1 atom stereocenters. The molecule has 2 aromatic carbocycles. The van der Waals surface area contributed by atoms with Crippen molar-refractivity contribution >= 4 is 43.3 Å². The Morgan fingerprint density at radius 2 is 1.77 bits per heavy atom. The number of aryl methyl sites for hydroxylation is 1. The first-order valence-electron chi connectivity index (χ1n) is 14.3. The summed E-state index contributed by atoms with van der Waals surface area (Å²) in [5.74, 6) is -2.54. The molecule has 1 amide bonds. The average molecular weight is 664 g/mol. The predicted octanol–water partition coefficient (Wildman–Crippen LogP) is 4.81. The zero-order chi connectivity index (χ0) is 32.5. The second kappa shape index (κ2) is 15.6. The number of carbonyl (C=O) groups is 2. The summed E-state index contributed by atoms with van der Waals surface area (Å²) in [7, 11) is -7.69. The van der Waals surface area contributed by atoms with Crippen LogP contribution in [0.2, 0.25) is 5.02 Å². The Hall–Kier alpha value is -3.32. The second-order valence-electron chi connectivity index (χ2n) is 10.4. The number of sulfone groups is 1. The molecule has 238 valence electrons. The summed E-state index contributed by atoms with van der Waals surface area (Å²) >= 11 is 6.29. The van der Waals surface area contributed by atoms with Gasteiger partial charge in [-0.05, 0) is 78.8 Å². The van der Waals surface area contributed by atoms with E-state index in [9.17, 15) is 26.4 Å². The van der Waals surface area contributed by atoms with Crippen molar-refractivity contribution in [2.45, 2.75) is 57.4 Å². The van der Waals surface area contributed by atoms with E-state index in [1.165, 1.54) is 10.4 Å². The van der Waals surface area contributed by atoms with Crippen molar-refractivity contribution in [3.8, 4) is 11.1 Å². The highest BCUT2D eigenvalue weighted by Gasteiger charge is 2.31. The molecule has 3 aromatic rings. The molecule has 0 saturated carbocycles. The number of carboxylic acids is 1. The van der Waals surface area contributed by atoms with Gasteiger partial charge in [0.05, 0.1) is 22.8 Å². The minimum atomic E-state index is -4.06. The van der Waals surface area contributed by atoms with Gasteiger partial charge >= 0.3 is 5.97 Å². The molecule has 0 spiro atoms. The van der Waals surface area contributed by atoms with Crippen molar-refractivity contribution in [3.63, 3.8) is 0 Å². The van der Waals surface area contributed by atoms with Gasteiger partial charge in [0.15, 0.2) is 9.84 Å². The van der Waals surface area contributed by atoms with Gasteiger partial charge < -0.3 is 10.4 Å². The highest BCUT2D eigenvalue weighted by molar-refractivity contribution is 7.91. The molecule has 10 nitrogen and oxygen atoms in total. The number of hydrogen-bond acceptors (Lipinski definition) is 7.